The zero-order chi connectivity index (χ0) is 19.1. The van der Waals surface area contributed by atoms with Gasteiger partial charge in [0.15, 0.2) is 0 Å². The zero-order valence-corrected chi connectivity index (χ0v) is 17.1. The van der Waals surface area contributed by atoms with Crippen LogP contribution in [0.3, 0.4) is 0 Å². The minimum Gasteiger partial charge on any atom is -0.356 e. The van der Waals surface area contributed by atoms with Gasteiger partial charge in [-0.3, -0.25) is 9.69 Å². The van der Waals surface area contributed by atoms with Gasteiger partial charge in [-0.15, -0.1) is 0 Å². The van der Waals surface area contributed by atoms with E-state index in [0.717, 1.165) is 78.2 Å². The Morgan fingerprint density at radius 3 is 2.44 bits per heavy atom. The summed E-state index contributed by atoms with van der Waals surface area (Å²) in [7, 11) is 2.18. The highest BCUT2D eigenvalue weighted by Crippen LogP contribution is 2.20. The van der Waals surface area contributed by atoms with Gasteiger partial charge in [-0.2, -0.15) is 0 Å². The molecule has 0 aromatic heterocycles. The van der Waals surface area contributed by atoms with Crippen molar-refractivity contribution >= 4 is 5.91 Å². The van der Waals surface area contributed by atoms with Crippen molar-refractivity contribution < 1.29 is 4.79 Å². The van der Waals surface area contributed by atoms with E-state index in [0.29, 0.717) is 0 Å². The van der Waals surface area contributed by atoms with E-state index >= 15 is 0 Å². The Morgan fingerprint density at radius 1 is 1.04 bits per heavy atom. The molecule has 5 nitrogen and oxygen atoms in total. The Balaban J connectivity index is 1.30. The molecule has 2 aliphatic heterocycles. The molecule has 1 N–H and O–H groups in total. The summed E-state index contributed by atoms with van der Waals surface area (Å²) in [6.07, 6.45) is 3.02. The highest BCUT2D eigenvalue weighted by atomic mass is 16.1. The number of carbonyl (C=O) groups is 1. The molecule has 0 atom stereocenters. The number of amides is 1. The first-order chi connectivity index (χ1) is 13.1. The molecule has 0 saturated carbocycles. The van der Waals surface area contributed by atoms with E-state index in [4.69, 9.17) is 0 Å². The lowest BCUT2D eigenvalue weighted by atomic mass is 9.95. The first kappa shape index (κ1) is 20.3. The average Bonchev–Trinajstić information content (AvgIpc) is 2.69. The summed E-state index contributed by atoms with van der Waals surface area (Å²) in [5, 5.41) is 3.18. The molecule has 27 heavy (non-hydrogen) atoms. The molecule has 0 radical (unpaired) electrons. The number of carbonyl (C=O) groups excluding carboxylic acids is 1. The van der Waals surface area contributed by atoms with Gasteiger partial charge in [0.2, 0.25) is 5.91 Å². The van der Waals surface area contributed by atoms with Crippen molar-refractivity contribution in [1.29, 1.82) is 0 Å². The molecular weight excluding hydrogens is 336 g/mol. The van der Waals surface area contributed by atoms with Crippen LogP contribution in [0, 0.1) is 12.8 Å². The second kappa shape index (κ2) is 10.2. The van der Waals surface area contributed by atoms with Crippen LogP contribution in [-0.4, -0.2) is 80.0 Å². The highest BCUT2D eigenvalue weighted by molar-refractivity contribution is 5.78. The summed E-state index contributed by atoms with van der Waals surface area (Å²) in [6.45, 7) is 11.8. The van der Waals surface area contributed by atoms with Gasteiger partial charge >= 0.3 is 0 Å². The quantitative estimate of drug-likeness (QED) is 0.743. The molecule has 2 aliphatic rings. The number of hydrogen-bond acceptors (Lipinski definition) is 4. The van der Waals surface area contributed by atoms with Crippen molar-refractivity contribution in [2.24, 2.45) is 5.92 Å². The molecule has 2 heterocycles. The Morgan fingerprint density at radius 2 is 1.74 bits per heavy atom. The van der Waals surface area contributed by atoms with Crippen LogP contribution in [0.1, 0.15) is 30.4 Å². The number of likely N-dealkylation sites (N-methyl/N-ethyl adjacent to an activating group) is 1. The number of nitrogens with one attached hydrogen (secondary N) is 1. The van der Waals surface area contributed by atoms with Gasteiger partial charge in [-0.25, -0.2) is 0 Å². The van der Waals surface area contributed by atoms with Crippen LogP contribution in [-0.2, 0) is 11.3 Å². The standard InChI is InChI=1S/C22H36N4O/c1-19-6-3-4-7-21(19)18-26-12-8-20(9-13-26)22(27)23-10-5-11-25-16-14-24(2)15-17-25/h3-4,6-7,20H,5,8-18H2,1-2H3,(H,23,27). The second-order valence-electron chi connectivity index (χ2n) is 8.27. The summed E-state index contributed by atoms with van der Waals surface area (Å²) in [6, 6.07) is 8.61. The maximum Gasteiger partial charge on any atom is 0.223 e. The Kier molecular flexibility index (Phi) is 7.68. The number of aryl methyl sites for hydroxylation is 1. The first-order valence-electron chi connectivity index (χ1n) is 10.6. The third-order valence-electron chi connectivity index (χ3n) is 6.16. The maximum atomic E-state index is 12.5. The minimum absolute atomic E-state index is 0.196. The molecule has 1 aromatic rings. The number of hydrogen-bond donors (Lipinski definition) is 1. The van der Waals surface area contributed by atoms with Crippen LogP contribution < -0.4 is 5.32 Å². The largest absolute Gasteiger partial charge is 0.356 e. The molecule has 0 unspecified atom stereocenters. The lowest BCUT2D eigenvalue weighted by Crippen LogP contribution is -2.45. The van der Waals surface area contributed by atoms with Gasteiger partial charge in [-0.1, -0.05) is 24.3 Å². The van der Waals surface area contributed by atoms with Crippen molar-refractivity contribution in [2.45, 2.75) is 32.7 Å². The fraction of sp³-hybridized carbons (Fsp3) is 0.682. The van der Waals surface area contributed by atoms with E-state index in [1.54, 1.807) is 0 Å². The Hall–Kier alpha value is -1.43. The number of piperidine rings is 1. The summed E-state index contributed by atoms with van der Waals surface area (Å²) in [5.74, 6) is 0.464. The molecule has 2 fully saturated rings. The van der Waals surface area contributed by atoms with E-state index in [9.17, 15) is 4.79 Å². The molecule has 0 bridgehead atoms. The number of rotatable bonds is 7. The van der Waals surface area contributed by atoms with Crippen molar-refractivity contribution in [1.82, 2.24) is 20.0 Å². The van der Waals surface area contributed by atoms with E-state index < -0.39 is 0 Å². The van der Waals surface area contributed by atoms with Crippen molar-refractivity contribution in [3.63, 3.8) is 0 Å². The van der Waals surface area contributed by atoms with Crippen molar-refractivity contribution in [3.05, 3.63) is 35.4 Å². The van der Waals surface area contributed by atoms with Gasteiger partial charge in [0.1, 0.15) is 0 Å². The summed E-state index contributed by atoms with van der Waals surface area (Å²) >= 11 is 0. The number of piperazine rings is 1. The molecule has 0 spiro atoms. The summed E-state index contributed by atoms with van der Waals surface area (Å²) < 4.78 is 0. The summed E-state index contributed by atoms with van der Waals surface area (Å²) in [5.41, 5.74) is 2.77. The van der Waals surface area contributed by atoms with E-state index in [1.165, 1.54) is 11.1 Å². The predicted octanol–water partition coefficient (Wildman–Crippen LogP) is 1.96. The van der Waals surface area contributed by atoms with Gasteiger partial charge in [0, 0.05) is 45.2 Å². The van der Waals surface area contributed by atoms with Gasteiger partial charge in [0.05, 0.1) is 0 Å². The average molecular weight is 373 g/mol. The Bertz CT molecular complexity index is 590. The Labute approximate surface area is 164 Å². The molecule has 3 rings (SSSR count). The van der Waals surface area contributed by atoms with Crippen molar-refractivity contribution in [3.8, 4) is 0 Å². The lowest BCUT2D eigenvalue weighted by molar-refractivity contribution is -0.126. The van der Waals surface area contributed by atoms with Crippen LogP contribution in [0.5, 0.6) is 0 Å². The fourth-order valence-electron chi connectivity index (χ4n) is 4.11. The van der Waals surface area contributed by atoms with E-state index in [1.807, 2.05) is 0 Å². The molecule has 5 heteroatoms. The predicted molar refractivity (Wildman–Crippen MR) is 111 cm³/mol. The number of benzene rings is 1. The maximum absolute atomic E-state index is 12.5. The molecular formula is C22H36N4O. The fourth-order valence-corrected chi connectivity index (χ4v) is 4.11. The third-order valence-corrected chi connectivity index (χ3v) is 6.16. The van der Waals surface area contributed by atoms with E-state index in [-0.39, 0.29) is 11.8 Å². The van der Waals surface area contributed by atoms with Crippen LogP contribution >= 0.6 is 0 Å². The van der Waals surface area contributed by atoms with Gasteiger partial charge < -0.3 is 15.1 Å². The highest BCUT2D eigenvalue weighted by Gasteiger charge is 2.25. The molecule has 1 aromatic carbocycles. The molecule has 2 saturated heterocycles. The molecule has 1 amide bonds. The normalized spacial score (nSPS) is 20.7. The van der Waals surface area contributed by atoms with Crippen LogP contribution in [0.4, 0.5) is 0 Å². The van der Waals surface area contributed by atoms with E-state index in [2.05, 4.69) is 58.3 Å². The minimum atomic E-state index is 0.196. The van der Waals surface area contributed by atoms with Crippen LogP contribution in [0.25, 0.3) is 0 Å². The van der Waals surface area contributed by atoms with Crippen LogP contribution in [0.15, 0.2) is 24.3 Å². The smallest absolute Gasteiger partial charge is 0.223 e. The molecule has 0 aliphatic carbocycles. The SMILES string of the molecule is Cc1ccccc1CN1CCC(C(=O)NCCCN2CCN(C)CC2)CC1. The first-order valence-corrected chi connectivity index (χ1v) is 10.6. The number of nitrogens with zero attached hydrogens (tertiary/aromatic N) is 3. The number of likely N-dealkylation sites (tertiary alicyclic amines) is 1. The monoisotopic (exact) mass is 372 g/mol. The van der Waals surface area contributed by atoms with Gasteiger partial charge in [-0.05, 0) is 64.0 Å². The summed E-state index contributed by atoms with van der Waals surface area (Å²) in [4.78, 5) is 19.8. The topological polar surface area (TPSA) is 38.8 Å². The van der Waals surface area contributed by atoms with Crippen molar-refractivity contribution in [2.75, 3.05) is 59.4 Å². The lowest BCUT2D eigenvalue weighted by Gasteiger charge is -2.32. The second-order valence-corrected chi connectivity index (χ2v) is 8.27. The van der Waals surface area contributed by atoms with Crippen LogP contribution in [0.2, 0.25) is 0 Å². The zero-order valence-electron chi connectivity index (χ0n) is 17.1. The molecule has 150 valence electrons. The van der Waals surface area contributed by atoms with Gasteiger partial charge in [0.25, 0.3) is 0 Å². The third kappa shape index (κ3) is 6.30.